The molecular weight excluding hydrogens is 429 g/mol. The number of carbonyl (C=O) groups is 1. The van der Waals surface area contributed by atoms with Crippen molar-refractivity contribution < 1.29 is 26.4 Å². The first-order chi connectivity index (χ1) is 14.6. The van der Waals surface area contributed by atoms with E-state index >= 15 is 0 Å². The first kappa shape index (κ1) is 23.0. The predicted octanol–water partition coefficient (Wildman–Crippen LogP) is 4.33. The Morgan fingerprint density at radius 1 is 1.10 bits per heavy atom. The second-order valence-electron chi connectivity index (χ2n) is 7.28. The van der Waals surface area contributed by atoms with Crippen LogP contribution in [0, 0.1) is 5.92 Å². The lowest BCUT2D eigenvalue weighted by Crippen LogP contribution is -2.44. The number of halogens is 3. The summed E-state index contributed by atoms with van der Waals surface area (Å²) in [5, 5.41) is 0. The monoisotopic (exact) mass is 452 g/mol. The fraction of sp³-hybridized carbons (Fsp3) is 0.318. The Hall–Kier alpha value is -2.65. The van der Waals surface area contributed by atoms with E-state index in [0.717, 1.165) is 28.2 Å². The van der Waals surface area contributed by atoms with Gasteiger partial charge in [-0.05, 0) is 43.2 Å². The number of nitrogens with zero attached hydrogens (tertiary/aromatic N) is 2. The highest BCUT2D eigenvalue weighted by molar-refractivity contribution is 7.89. The zero-order valence-electron chi connectivity index (χ0n) is 16.8. The molecule has 0 aromatic heterocycles. The average Bonchev–Trinajstić information content (AvgIpc) is 2.77. The molecule has 0 N–H and O–H groups in total. The van der Waals surface area contributed by atoms with Crippen molar-refractivity contribution in [2.45, 2.75) is 23.9 Å². The van der Waals surface area contributed by atoms with Crippen molar-refractivity contribution >= 4 is 21.6 Å². The van der Waals surface area contributed by atoms with Gasteiger partial charge in [-0.25, -0.2) is 8.42 Å². The van der Waals surface area contributed by atoms with Crippen LogP contribution in [0.25, 0.3) is 0 Å². The summed E-state index contributed by atoms with van der Waals surface area (Å²) in [5.41, 5.74) is -0.284. The Morgan fingerprint density at radius 2 is 1.74 bits per heavy atom. The minimum absolute atomic E-state index is 0.0612. The van der Waals surface area contributed by atoms with Crippen molar-refractivity contribution in [2.24, 2.45) is 5.92 Å². The van der Waals surface area contributed by atoms with E-state index in [1.54, 1.807) is 11.0 Å². The topological polar surface area (TPSA) is 57.7 Å². The molecule has 2 aromatic carbocycles. The van der Waals surface area contributed by atoms with E-state index < -0.39 is 26.7 Å². The highest BCUT2D eigenvalue weighted by Crippen LogP contribution is 2.32. The van der Waals surface area contributed by atoms with Gasteiger partial charge in [-0.3, -0.25) is 4.79 Å². The van der Waals surface area contributed by atoms with Crippen LogP contribution in [-0.4, -0.2) is 38.3 Å². The molecule has 0 unspecified atom stereocenters. The molecule has 0 saturated carbocycles. The molecule has 31 heavy (non-hydrogen) atoms. The van der Waals surface area contributed by atoms with Crippen LogP contribution in [0.2, 0.25) is 0 Å². The molecule has 166 valence electrons. The quantitative estimate of drug-likeness (QED) is 0.614. The predicted molar refractivity (Wildman–Crippen MR) is 112 cm³/mol. The Kier molecular flexibility index (Phi) is 6.86. The number of anilines is 1. The number of para-hydroxylation sites is 1. The van der Waals surface area contributed by atoms with Gasteiger partial charge in [0.15, 0.2) is 0 Å². The lowest BCUT2D eigenvalue weighted by molar-refractivity contribution is -0.137. The van der Waals surface area contributed by atoms with Crippen LogP contribution in [0.4, 0.5) is 18.9 Å². The number of piperidine rings is 1. The summed E-state index contributed by atoms with van der Waals surface area (Å²) in [5.74, 6) is -0.504. The zero-order chi connectivity index (χ0) is 22.6. The zero-order valence-corrected chi connectivity index (χ0v) is 17.6. The lowest BCUT2D eigenvalue weighted by Gasteiger charge is -2.33. The number of hydrogen-bond acceptors (Lipinski definition) is 3. The minimum atomic E-state index is -4.63. The molecule has 1 saturated heterocycles. The maximum absolute atomic E-state index is 13.1. The molecule has 0 spiro atoms. The summed E-state index contributed by atoms with van der Waals surface area (Å²) in [4.78, 5) is 14.3. The fourth-order valence-electron chi connectivity index (χ4n) is 3.61. The highest BCUT2D eigenvalue weighted by atomic mass is 32.2. The molecule has 5 nitrogen and oxygen atoms in total. The van der Waals surface area contributed by atoms with E-state index in [9.17, 15) is 26.4 Å². The Balaban J connectivity index is 1.72. The largest absolute Gasteiger partial charge is 0.416 e. The molecule has 3 rings (SSSR count). The van der Waals surface area contributed by atoms with Gasteiger partial charge >= 0.3 is 6.18 Å². The van der Waals surface area contributed by atoms with Gasteiger partial charge in [-0.1, -0.05) is 30.3 Å². The Bertz CT molecular complexity index is 1030. The van der Waals surface area contributed by atoms with E-state index in [2.05, 4.69) is 6.58 Å². The van der Waals surface area contributed by atoms with Crippen molar-refractivity contribution in [1.82, 2.24) is 4.31 Å². The Labute approximate surface area is 179 Å². The summed E-state index contributed by atoms with van der Waals surface area (Å²) in [6, 6.07) is 12.8. The summed E-state index contributed by atoms with van der Waals surface area (Å²) in [7, 11) is -4.08. The number of hydrogen-bond donors (Lipinski definition) is 0. The molecule has 1 aliphatic heterocycles. The molecule has 9 heteroatoms. The number of carbonyl (C=O) groups excluding carboxylic acids is 1. The van der Waals surface area contributed by atoms with Crippen molar-refractivity contribution in [3.8, 4) is 0 Å². The fourth-order valence-corrected chi connectivity index (χ4v) is 5.12. The van der Waals surface area contributed by atoms with Gasteiger partial charge in [0.2, 0.25) is 15.9 Å². The van der Waals surface area contributed by atoms with Crippen LogP contribution in [0.5, 0.6) is 0 Å². The van der Waals surface area contributed by atoms with Crippen molar-refractivity contribution in [3.63, 3.8) is 0 Å². The average molecular weight is 452 g/mol. The number of rotatable bonds is 6. The highest BCUT2D eigenvalue weighted by Gasteiger charge is 2.36. The summed E-state index contributed by atoms with van der Waals surface area (Å²) in [6.45, 7) is 4.14. The van der Waals surface area contributed by atoms with Gasteiger partial charge < -0.3 is 4.90 Å². The van der Waals surface area contributed by atoms with Crippen LogP contribution in [-0.2, 0) is 21.0 Å². The second-order valence-corrected chi connectivity index (χ2v) is 9.21. The third-order valence-electron chi connectivity index (χ3n) is 5.25. The normalized spacial score (nSPS) is 16.1. The van der Waals surface area contributed by atoms with Gasteiger partial charge in [0.25, 0.3) is 0 Å². The summed E-state index contributed by atoms with van der Waals surface area (Å²) < 4.78 is 65.7. The van der Waals surface area contributed by atoms with Crippen LogP contribution in [0.15, 0.2) is 72.1 Å². The van der Waals surface area contributed by atoms with Crippen molar-refractivity contribution in [2.75, 3.05) is 24.5 Å². The van der Waals surface area contributed by atoms with E-state index in [0.29, 0.717) is 12.6 Å². The lowest BCUT2D eigenvalue weighted by atomic mass is 9.96. The second kappa shape index (κ2) is 9.23. The van der Waals surface area contributed by atoms with Crippen LogP contribution in [0.3, 0.4) is 0 Å². The molecule has 1 amide bonds. The molecule has 1 fully saturated rings. The third kappa shape index (κ3) is 5.16. The molecule has 0 atom stereocenters. The molecule has 1 aliphatic rings. The number of amides is 1. The van der Waals surface area contributed by atoms with Crippen molar-refractivity contribution in [3.05, 3.63) is 72.8 Å². The summed E-state index contributed by atoms with van der Waals surface area (Å²) in [6.07, 6.45) is -2.43. The van der Waals surface area contributed by atoms with Gasteiger partial charge in [-0.15, -0.1) is 6.58 Å². The molecular formula is C22H23F3N2O3S. The van der Waals surface area contributed by atoms with E-state index in [1.807, 2.05) is 30.3 Å². The van der Waals surface area contributed by atoms with Crippen LogP contribution >= 0.6 is 0 Å². The number of alkyl halides is 3. The maximum atomic E-state index is 13.1. The third-order valence-corrected chi connectivity index (χ3v) is 7.14. The minimum Gasteiger partial charge on any atom is -0.308 e. The van der Waals surface area contributed by atoms with E-state index in [4.69, 9.17) is 0 Å². The van der Waals surface area contributed by atoms with Crippen LogP contribution in [0.1, 0.15) is 18.4 Å². The van der Waals surface area contributed by atoms with Gasteiger partial charge in [0.1, 0.15) is 0 Å². The molecule has 0 bridgehead atoms. The molecule has 0 aliphatic carbocycles. The standard InChI is InChI=1S/C22H23F3N2O3S/c1-2-13-27(19-8-4-3-5-9-19)21(28)17-11-14-26(15-12-17)31(29,30)20-10-6-7-18(16-20)22(23,24)25/h2-10,16-17H,1,11-15H2. The van der Waals surface area contributed by atoms with Gasteiger partial charge in [-0.2, -0.15) is 17.5 Å². The van der Waals surface area contributed by atoms with Gasteiger partial charge in [0, 0.05) is 31.2 Å². The molecule has 2 aromatic rings. The first-order valence-electron chi connectivity index (χ1n) is 9.79. The smallest absolute Gasteiger partial charge is 0.308 e. The molecule has 0 radical (unpaired) electrons. The van der Waals surface area contributed by atoms with E-state index in [1.165, 1.54) is 0 Å². The van der Waals surface area contributed by atoms with Crippen LogP contribution < -0.4 is 4.90 Å². The molecule has 1 heterocycles. The maximum Gasteiger partial charge on any atom is 0.416 e. The SMILES string of the molecule is C=CCN(C(=O)C1CCN(S(=O)(=O)c2cccc(C(F)(F)F)c2)CC1)c1ccccc1. The number of benzene rings is 2. The summed E-state index contributed by atoms with van der Waals surface area (Å²) >= 11 is 0. The van der Waals surface area contributed by atoms with E-state index in [-0.39, 0.29) is 37.8 Å². The number of sulfonamides is 1. The van der Waals surface area contributed by atoms with Crippen molar-refractivity contribution in [1.29, 1.82) is 0 Å². The van der Waals surface area contributed by atoms with Gasteiger partial charge in [0.05, 0.1) is 10.5 Å². The Morgan fingerprint density at radius 3 is 2.32 bits per heavy atom. The first-order valence-corrected chi connectivity index (χ1v) is 11.2.